The minimum Gasteiger partial charge on any atom is -0.396 e. The summed E-state index contributed by atoms with van der Waals surface area (Å²) < 4.78 is 0. The Hall–Kier alpha value is -1.13. The summed E-state index contributed by atoms with van der Waals surface area (Å²) in [4.78, 5) is 13.2. The highest BCUT2D eigenvalue weighted by molar-refractivity contribution is 7.09. The highest BCUT2D eigenvalue weighted by Crippen LogP contribution is 2.17. The van der Waals surface area contributed by atoms with E-state index < -0.39 is 0 Å². The lowest BCUT2D eigenvalue weighted by Crippen LogP contribution is -2.32. The van der Waals surface area contributed by atoms with Crippen molar-refractivity contribution in [3.63, 3.8) is 0 Å². The van der Waals surface area contributed by atoms with Gasteiger partial charge in [0.2, 0.25) is 5.91 Å². The first-order valence-electron chi connectivity index (χ1n) is 7.39. The number of carbonyl (C=O) groups is 1. The fourth-order valence-corrected chi connectivity index (χ4v) is 3.26. The molecule has 2 rings (SSSR count). The topological polar surface area (TPSA) is 49.3 Å². The summed E-state index contributed by atoms with van der Waals surface area (Å²) in [6, 6.07) is 4.37. The average molecular weight is 293 g/mol. The second-order valence-electron chi connectivity index (χ2n) is 5.38. The molecule has 0 unspecified atom stereocenters. The molecule has 1 aromatic heterocycles. The van der Waals surface area contributed by atoms with Crippen LogP contribution in [0.3, 0.4) is 0 Å². The number of aliphatic hydroxyl groups excluding tert-OH is 1. The Bertz CT molecular complexity index is 428. The lowest BCUT2D eigenvalue weighted by molar-refractivity contribution is -0.121. The zero-order valence-corrected chi connectivity index (χ0v) is 12.6. The van der Waals surface area contributed by atoms with E-state index in [1.54, 1.807) is 11.3 Å². The molecule has 2 atom stereocenters. The summed E-state index contributed by atoms with van der Waals surface area (Å²) in [5.74, 6) is 0.348. The van der Waals surface area contributed by atoms with Gasteiger partial charge in [0.1, 0.15) is 0 Å². The van der Waals surface area contributed by atoms with Gasteiger partial charge >= 0.3 is 0 Å². The van der Waals surface area contributed by atoms with Crippen molar-refractivity contribution < 1.29 is 9.90 Å². The summed E-state index contributed by atoms with van der Waals surface area (Å²) >= 11 is 1.80. The van der Waals surface area contributed by atoms with E-state index in [1.165, 1.54) is 4.88 Å². The van der Waals surface area contributed by atoms with Crippen molar-refractivity contribution >= 4 is 17.2 Å². The van der Waals surface area contributed by atoms with Crippen LogP contribution in [0, 0.1) is 5.92 Å². The largest absolute Gasteiger partial charge is 0.396 e. The molecular formula is C16H23NO2S. The number of aryl methyl sites for hydroxylation is 1. The van der Waals surface area contributed by atoms with Gasteiger partial charge in [-0.15, -0.1) is 11.3 Å². The maximum atomic E-state index is 11.8. The highest BCUT2D eigenvalue weighted by Gasteiger charge is 2.19. The molecule has 1 heterocycles. The van der Waals surface area contributed by atoms with Gasteiger partial charge in [0, 0.05) is 29.9 Å². The number of nitrogens with one attached hydrogen (secondary N) is 1. The van der Waals surface area contributed by atoms with Crippen molar-refractivity contribution in [1.29, 1.82) is 0 Å². The van der Waals surface area contributed by atoms with Gasteiger partial charge in [-0.25, -0.2) is 0 Å². The first kappa shape index (κ1) is 15.3. The third-order valence-electron chi connectivity index (χ3n) is 3.66. The lowest BCUT2D eigenvalue weighted by Gasteiger charge is -2.12. The van der Waals surface area contributed by atoms with E-state index in [-0.39, 0.29) is 24.5 Å². The number of hydrogen-bond acceptors (Lipinski definition) is 3. The fourth-order valence-electron chi connectivity index (χ4n) is 2.51. The predicted octanol–water partition coefficient (Wildman–Crippen LogP) is 2.90. The van der Waals surface area contributed by atoms with Crippen molar-refractivity contribution in [2.75, 3.05) is 6.61 Å². The number of aliphatic hydroxyl groups is 1. The second kappa shape index (κ2) is 8.22. The molecular weight excluding hydrogens is 270 g/mol. The molecule has 0 saturated carbocycles. The first-order valence-corrected chi connectivity index (χ1v) is 8.27. The Kier molecular flexibility index (Phi) is 6.27. The van der Waals surface area contributed by atoms with E-state index in [2.05, 4.69) is 22.8 Å². The van der Waals surface area contributed by atoms with Crippen LogP contribution < -0.4 is 5.32 Å². The Morgan fingerprint density at radius 1 is 1.35 bits per heavy atom. The van der Waals surface area contributed by atoms with Gasteiger partial charge in [0.05, 0.1) is 0 Å². The zero-order valence-electron chi connectivity index (χ0n) is 11.8. The monoisotopic (exact) mass is 293 g/mol. The van der Waals surface area contributed by atoms with Gasteiger partial charge in [0.15, 0.2) is 0 Å². The molecule has 1 aromatic rings. The maximum Gasteiger partial charge on any atom is 0.220 e. The summed E-state index contributed by atoms with van der Waals surface area (Å²) in [6.07, 6.45) is 9.77. The van der Waals surface area contributed by atoms with Crippen LogP contribution in [-0.4, -0.2) is 23.7 Å². The first-order chi connectivity index (χ1) is 9.78. The van der Waals surface area contributed by atoms with Crippen LogP contribution >= 0.6 is 11.3 Å². The fraction of sp³-hybridized carbons (Fsp3) is 0.562. The summed E-state index contributed by atoms with van der Waals surface area (Å²) in [7, 11) is 0. The molecule has 4 heteroatoms. The molecule has 110 valence electrons. The van der Waals surface area contributed by atoms with E-state index in [9.17, 15) is 4.79 Å². The molecule has 0 bridgehead atoms. The van der Waals surface area contributed by atoms with Crippen LogP contribution in [0.15, 0.2) is 29.7 Å². The Balaban J connectivity index is 1.51. The van der Waals surface area contributed by atoms with Gasteiger partial charge < -0.3 is 10.4 Å². The lowest BCUT2D eigenvalue weighted by atomic mass is 10.1. The molecule has 2 N–H and O–H groups in total. The van der Waals surface area contributed by atoms with Crippen LogP contribution in [0.1, 0.15) is 37.0 Å². The Labute approximate surface area is 124 Å². The molecule has 0 saturated heterocycles. The van der Waals surface area contributed by atoms with Crippen LogP contribution in [0.5, 0.6) is 0 Å². The number of unbranched alkanes of at least 4 members (excludes halogenated alkanes) is 2. The number of amides is 1. The molecule has 0 radical (unpaired) electrons. The normalized spacial score (nSPS) is 21.2. The molecule has 0 spiro atoms. The smallest absolute Gasteiger partial charge is 0.220 e. The SMILES string of the molecule is O=C(CCCCCc1cccs1)N[C@@H]1C=C[C@H](CO)C1. The molecule has 1 aliphatic carbocycles. The van der Waals surface area contributed by atoms with Gasteiger partial charge in [-0.3, -0.25) is 4.79 Å². The van der Waals surface area contributed by atoms with Gasteiger partial charge in [-0.1, -0.05) is 24.6 Å². The Morgan fingerprint density at radius 3 is 2.95 bits per heavy atom. The number of carbonyl (C=O) groups excluding carboxylic acids is 1. The quantitative estimate of drug-likeness (QED) is 0.572. The standard InChI is InChI=1S/C16H23NO2S/c18-12-13-8-9-14(11-13)17-16(19)7-3-1-2-5-15-6-4-10-20-15/h4,6,8-10,13-14,18H,1-3,5,7,11-12H2,(H,17,19)/t13-,14+/m0/s1. The van der Waals surface area contributed by atoms with Crippen LogP contribution in [0.4, 0.5) is 0 Å². The van der Waals surface area contributed by atoms with Crippen molar-refractivity contribution in [3.8, 4) is 0 Å². The molecule has 0 aliphatic heterocycles. The second-order valence-corrected chi connectivity index (χ2v) is 6.41. The van der Waals surface area contributed by atoms with Crippen molar-refractivity contribution in [2.24, 2.45) is 5.92 Å². The van der Waals surface area contributed by atoms with E-state index in [1.807, 2.05) is 12.2 Å². The molecule has 1 amide bonds. The predicted molar refractivity (Wildman–Crippen MR) is 82.8 cm³/mol. The summed E-state index contributed by atoms with van der Waals surface area (Å²) in [6.45, 7) is 0.172. The number of thiophene rings is 1. The molecule has 0 fully saturated rings. The summed E-state index contributed by atoms with van der Waals surface area (Å²) in [5, 5.41) is 14.2. The van der Waals surface area contributed by atoms with E-state index >= 15 is 0 Å². The third kappa shape index (κ3) is 5.10. The van der Waals surface area contributed by atoms with Crippen LogP contribution in [0.2, 0.25) is 0 Å². The Morgan fingerprint density at radius 2 is 2.25 bits per heavy atom. The maximum absolute atomic E-state index is 11.8. The minimum atomic E-state index is 0.116. The highest BCUT2D eigenvalue weighted by atomic mass is 32.1. The van der Waals surface area contributed by atoms with Crippen molar-refractivity contribution in [2.45, 2.75) is 44.6 Å². The van der Waals surface area contributed by atoms with Crippen LogP contribution in [-0.2, 0) is 11.2 Å². The third-order valence-corrected chi connectivity index (χ3v) is 4.60. The molecule has 1 aliphatic rings. The number of hydrogen-bond donors (Lipinski definition) is 2. The van der Waals surface area contributed by atoms with E-state index in [0.29, 0.717) is 6.42 Å². The van der Waals surface area contributed by atoms with E-state index in [4.69, 9.17) is 5.11 Å². The molecule has 20 heavy (non-hydrogen) atoms. The molecule has 0 aromatic carbocycles. The van der Waals surface area contributed by atoms with Crippen LogP contribution in [0.25, 0.3) is 0 Å². The van der Waals surface area contributed by atoms with Crippen molar-refractivity contribution in [1.82, 2.24) is 5.32 Å². The van der Waals surface area contributed by atoms with E-state index in [0.717, 1.165) is 32.1 Å². The van der Waals surface area contributed by atoms with Gasteiger partial charge in [-0.05, 0) is 37.1 Å². The zero-order chi connectivity index (χ0) is 14.2. The minimum absolute atomic E-state index is 0.116. The number of rotatable bonds is 8. The van der Waals surface area contributed by atoms with Gasteiger partial charge in [-0.2, -0.15) is 0 Å². The van der Waals surface area contributed by atoms with Crippen molar-refractivity contribution in [3.05, 3.63) is 34.5 Å². The average Bonchev–Trinajstić information content (AvgIpc) is 3.09. The molecule has 3 nitrogen and oxygen atoms in total. The summed E-state index contributed by atoms with van der Waals surface area (Å²) in [5.41, 5.74) is 0. The van der Waals surface area contributed by atoms with Gasteiger partial charge in [0.25, 0.3) is 0 Å².